The van der Waals surface area contributed by atoms with Crippen LogP contribution in [0, 0.1) is 0 Å². The largest absolute Gasteiger partial charge is 0.490 e. The van der Waals surface area contributed by atoms with Crippen molar-refractivity contribution in [3.8, 4) is 44.9 Å². The number of nitrogens with zero attached hydrogens (tertiary/aromatic N) is 2. The maximum absolute atomic E-state index is 14.3. The van der Waals surface area contributed by atoms with Crippen molar-refractivity contribution in [2.75, 3.05) is 21.3 Å². The molecular weight excluding hydrogens is 777 g/mol. The van der Waals surface area contributed by atoms with Gasteiger partial charge in [0, 0.05) is 23.0 Å². The zero-order valence-electron chi connectivity index (χ0n) is 34.3. The van der Waals surface area contributed by atoms with Crippen LogP contribution in [0.3, 0.4) is 0 Å². The van der Waals surface area contributed by atoms with E-state index < -0.39 is 23.6 Å². The summed E-state index contributed by atoms with van der Waals surface area (Å²) in [6.07, 6.45) is 9.80. The number of imide groups is 2. The zero-order valence-corrected chi connectivity index (χ0v) is 34.3. The minimum Gasteiger partial charge on any atom is -0.490 e. The van der Waals surface area contributed by atoms with Gasteiger partial charge in [0.25, 0.3) is 23.6 Å². The highest BCUT2D eigenvalue weighted by Gasteiger charge is 2.40. The molecule has 10 nitrogen and oxygen atoms in total. The second-order valence-electron chi connectivity index (χ2n) is 16.8. The van der Waals surface area contributed by atoms with Gasteiger partial charge in [-0.3, -0.25) is 19.2 Å². The van der Waals surface area contributed by atoms with Crippen molar-refractivity contribution in [1.29, 1.82) is 0 Å². The van der Waals surface area contributed by atoms with E-state index >= 15 is 0 Å². The van der Waals surface area contributed by atoms with Crippen LogP contribution in [-0.4, -0.2) is 35.8 Å². The molecule has 10 heteroatoms. The molecule has 4 aliphatic rings. The Labute approximate surface area is 360 Å². The maximum atomic E-state index is 14.3. The number of carbonyl (C=O) groups excluding carboxylic acids is 4. The number of carbonyl (C=O) groups is 4. The minimum absolute atomic E-state index is 0.0453. The standard InChI is InChI=1S/C52H46N4O6/c53-36-18-11-31(12-19-36)33-15-23-42-44(27-33)51(59)55(49(42)57)38-22-25-41(47(30-38)61-39-7-3-1-4-8-39)35-17-26-46(48(29-35)62-40-9-5-2-6-10-40)56-50(58)43-24-16-34(28-45(43)52(56)60)32-13-20-37(54)21-14-32/h11-30,39-40H,1-10,53-54H2. The van der Waals surface area contributed by atoms with Crippen LogP contribution in [0.25, 0.3) is 33.4 Å². The lowest BCUT2D eigenvalue weighted by Crippen LogP contribution is -2.30. The Morgan fingerprint density at radius 2 is 0.823 bits per heavy atom. The molecule has 2 saturated carbocycles. The topological polar surface area (TPSA) is 145 Å². The number of hydrogen-bond donors (Lipinski definition) is 2. The highest BCUT2D eigenvalue weighted by atomic mass is 16.5. The molecule has 0 atom stereocenters. The molecule has 0 bridgehead atoms. The minimum atomic E-state index is -0.421. The summed E-state index contributed by atoms with van der Waals surface area (Å²) in [5, 5.41) is 0. The molecule has 2 heterocycles. The molecular formula is C52H46N4O6. The summed E-state index contributed by atoms with van der Waals surface area (Å²) in [6, 6.07) is 36.4. The van der Waals surface area contributed by atoms with E-state index in [1.54, 1.807) is 66.7 Å². The third-order valence-corrected chi connectivity index (χ3v) is 12.7. The molecule has 0 aromatic heterocycles. The molecule has 10 rings (SSSR count). The average molecular weight is 823 g/mol. The van der Waals surface area contributed by atoms with E-state index in [4.69, 9.17) is 20.9 Å². The summed E-state index contributed by atoms with van der Waals surface area (Å²) in [5.74, 6) is -0.696. The molecule has 0 saturated heterocycles. The quantitative estimate of drug-likeness (QED) is 0.108. The normalized spacial score (nSPS) is 16.8. The van der Waals surface area contributed by atoms with E-state index in [-0.39, 0.29) is 12.2 Å². The monoisotopic (exact) mass is 822 g/mol. The van der Waals surface area contributed by atoms with Gasteiger partial charge in [-0.1, -0.05) is 55.3 Å². The Bertz CT molecular complexity index is 2770. The van der Waals surface area contributed by atoms with Gasteiger partial charge in [-0.2, -0.15) is 0 Å². The van der Waals surface area contributed by atoms with Crippen molar-refractivity contribution in [2.45, 2.75) is 76.4 Å². The lowest BCUT2D eigenvalue weighted by atomic mass is 9.97. The Morgan fingerprint density at radius 1 is 0.387 bits per heavy atom. The predicted molar refractivity (Wildman–Crippen MR) is 242 cm³/mol. The van der Waals surface area contributed by atoms with Gasteiger partial charge in [0.1, 0.15) is 11.5 Å². The number of nitrogen functional groups attached to an aromatic ring is 2. The Kier molecular flexibility index (Phi) is 10.1. The number of anilines is 4. The second-order valence-corrected chi connectivity index (χ2v) is 16.8. The fraction of sp³-hybridized carbons (Fsp3) is 0.231. The van der Waals surface area contributed by atoms with Crippen LogP contribution in [0.5, 0.6) is 11.5 Å². The van der Waals surface area contributed by atoms with E-state index in [1.807, 2.05) is 54.6 Å². The molecule has 4 N–H and O–H groups in total. The molecule has 4 amide bonds. The highest BCUT2D eigenvalue weighted by Crippen LogP contribution is 2.44. The van der Waals surface area contributed by atoms with Gasteiger partial charge >= 0.3 is 0 Å². The lowest BCUT2D eigenvalue weighted by Gasteiger charge is -2.27. The molecule has 6 aromatic carbocycles. The van der Waals surface area contributed by atoms with Crippen LogP contribution in [0.1, 0.15) is 106 Å². The zero-order chi connectivity index (χ0) is 42.5. The first-order valence-electron chi connectivity index (χ1n) is 21.6. The number of hydrogen-bond acceptors (Lipinski definition) is 8. The first kappa shape index (κ1) is 39.0. The van der Waals surface area contributed by atoms with Crippen LogP contribution in [0.2, 0.25) is 0 Å². The first-order chi connectivity index (χ1) is 30.2. The average Bonchev–Trinajstić information content (AvgIpc) is 3.70. The summed E-state index contributed by atoms with van der Waals surface area (Å²) >= 11 is 0. The first-order valence-corrected chi connectivity index (χ1v) is 21.6. The van der Waals surface area contributed by atoms with Crippen molar-refractivity contribution < 1.29 is 28.7 Å². The smallest absolute Gasteiger partial charge is 0.266 e. The van der Waals surface area contributed by atoms with Gasteiger partial charge in [-0.15, -0.1) is 0 Å². The van der Waals surface area contributed by atoms with Crippen molar-refractivity contribution in [3.63, 3.8) is 0 Å². The van der Waals surface area contributed by atoms with Gasteiger partial charge < -0.3 is 20.9 Å². The summed E-state index contributed by atoms with van der Waals surface area (Å²) < 4.78 is 13.6. The molecule has 310 valence electrons. The SMILES string of the molecule is Nc1ccc(-c2ccc3c(c2)C(=O)N(c2ccc(-c4ccc(N5C(=O)c6ccc(-c7ccc(N)cc7)cc6C5=O)c(OC5CCCCC5)c4)c(OC4CCCCC4)c2)C3=O)cc1. The van der Waals surface area contributed by atoms with Gasteiger partial charge in [0.05, 0.1) is 45.8 Å². The van der Waals surface area contributed by atoms with E-state index in [9.17, 15) is 19.2 Å². The molecule has 2 aliphatic carbocycles. The van der Waals surface area contributed by atoms with E-state index in [0.29, 0.717) is 56.5 Å². The number of benzene rings is 6. The highest BCUT2D eigenvalue weighted by molar-refractivity contribution is 6.36. The molecule has 6 aromatic rings. The molecule has 2 aliphatic heterocycles. The van der Waals surface area contributed by atoms with E-state index in [1.165, 1.54) is 9.80 Å². The maximum Gasteiger partial charge on any atom is 0.266 e. The Morgan fingerprint density at radius 3 is 1.37 bits per heavy atom. The van der Waals surface area contributed by atoms with Crippen molar-refractivity contribution in [1.82, 2.24) is 0 Å². The fourth-order valence-corrected chi connectivity index (χ4v) is 9.32. The molecule has 0 spiro atoms. The van der Waals surface area contributed by atoms with Crippen molar-refractivity contribution in [2.24, 2.45) is 0 Å². The summed E-state index contributed by atoms with van der Waals surface area (Å²) in [6.45, 7) is 0. The van der Waals surface area contributed by atoms with Crippen LogP contribution in [0.4, 0.5) is 22.7 Å². The van der Waals surface area contributed by atoms with Crippen LogP contribution in [0.15, 0.2) is 121 Å². The van der Waals surface area contributed by atoms with E-state index in [0.717, 1.165) is 97.6 Å². The van der Waals surface area contributed by atoms with Gasteiger partial charge in [0.15, 0.2) is 0 Å². The number of ether oxygens (including phenoxy) is 2. The van der Waals surface area contributed by atoms with Crippen LogP contribution >= 0.6 is 0 Å². The fourth-order valence-electron chi connectivity index (χ4n) is 9.32. The second kappa shape index (κ2) is 16.0. The number of amides is 4. The Balaban J connectivity index is 1.02. The van der Waals surface area contributed by atoms with E-state index in [2.05, 4.69) is 0 Å². The van der Waals surface area contributed by atoms with Crippen LogP contribution in [-0.2, 0) is 0 Å². The third kappa shape index (κ3) is 7.15. The molecule has 0 radical (unpaired) electrons. The molecule has 0 unspecified atom stereocenters. The summed E-state index contributed by atoms with van der Waals surface area (Å²) in [5.41, 5.74) is 20.1. The van der Waals surface area contributed by atoms with Crippen molar-refractivity contribution in [3.05, 3.63) is 144 Å². The van der Waals surface area contributed by atoms with Gasteiger partial charge in [-0.25, -0.2) is 9.80 Å². The van der Waals surface area contributed by atoms with Gasteiger partial charge in [0.2, 0.25) is 0 Å². The summed E-state index contributed by atoms with van der Waals surface area (Å²) in [7, 11) is 0. The Hall–Kier alpha value is -7.20. The lowest BCUT2D eigenvalue weighted by molar-refractivity contribution is 0.0908. The van der Waals surface area contributed by atoms with Gasteiger partial charge in [-0.05, 0) is 152 Å². The number of nitrogens with two attached hydrogens (primary N) is 2. The molecule has 2 fully saturated rings. The number of fused-ring (bicyclic) bond motifs is 2. The van der Waals surface area contributed by atoms with Crippen molar-refractivity contribution >= 4 is 46.4 Å². The summed E-state index contributed by atoms with van der Waals surface area (Å²) in [4.78, 5) is 58.9. The van der Waals surface area contributed by atoms with Crippen LogP contribution < -0.4 is 30.7 Å². The number of rotatable bonds is 9. The predicted octanol–water partition coefficient (Wildman–Crippen LogP) is 10.9. The molecule has 62 heavy (non-hydrogen) atoms. The third-order valence-electron chi connectivity index (χ3n) is 12.7.